The van der Waals surface area contributed by atoms with Crippen molar-refractivity contribution in [1.82, 2.24) is 0 Å². The lowest BCUT2D eigenvalue weighted by atomic mass is 10.3. The van der Waals surface area contributed by atoms with Crippen molar-refractivity contribution in [2.24, 2.45) is 0 Å². The van der Waals surface area contributed by atoms with Crippen molar-refractivity contribution in [3.05, 3.63) is 53.5 Å². The Morgan fingerprint density at radius 2 is 1.89 bits per heavy atom. The van der Waals surface area contributed by atoms with Gasteiger partial charge >= 0.3 is 5.97 Å². The molecule has 6 heteroatoms. The molecular formula is C12H9F2NO3. The fourth-order valence-electron chi connectivity index (χ4n) is 1.43. The number of nitrogens with one attached hydrogen (secondary N) is 1. The van der Waals surface area contributed by atoms with Gasteiger partial charge < -0.3 is 14.8 Å². The van der Waals surface area contributed by atoms with Crippen molar-refractivity contribution in [2.75, 3.05) is 5.32 Å². The summed E-state index contributed by atoms with van der Waals surface area (Å²) in [6.07, 6.45) is 0. The second-order valence-electron chi connectivity index (χ2n) is 3.58. The van der Waals surface area contributed by atoms with Gasteiger partial charge in [0.15, 0.2) is 0 Å². The Bertz CT molecular complexity index is 560. The van der Waals surface area contributed by atoms with E-state index in [9.17, 15) is 13.6 Å². The molecule has 0 saturated carbocycles. The molecule has 2 aromatic rings. The average molecular weight is 253 g/mol. The molecule has 0 aliphatic heterocycles. The van der Waals surface area contributed by atoms with E-state index in [0.29, 0.717) is 5.76 Å². The van der Waals surface area contributed by atoms with Crippen LogP contribution in [0.4, 0.5) is 14.5 Å². The zero-order valence-electron chi connectivity index (χ0n) is 9.11. The van der Waals surface area contributed by atoms with Gasteiger partial charge in [-0.05, 0) is 24.3 Å². The molecule has 1 aromatic heterocycles. The Morgan fingerprint density at radius 1 is 1.22 bits per heavy atom. The first-order chi connectivity index (χ1) is 8.54. The van der Waals surface area contributed by atoms with Crippen LogP contribution >= 0.6 is 0 Å². The van der Waals surface area contributed by atoms with Gasteiger partial charge in [0, 0.05) is 11.8 Å². The maximum absolute atomic E-state index is 12.9. The molecule has 18 heavy (non-hydrogen) atoms. The van der Waals surface area contributed by atoms with Crippen LogP contribution in [-0.4, -0.2) is 11.1 Å². The monoisotopic (exact) mass is 253 g/mol. The lowest BCUT2D eigenvalue weighted by Crippen LogP contribution is -1.99. The highest BCUT2D eigenvalue weighted by Crippen LogP contribution is 2.15. The molecule has 0 aliphatic carbocycles. The lowest BCUT2D eigenvalue weighted by molar-refractivity contribution is 0.0660. The minimum absolute atomic E-state index is 0.135. The third-order valence-electron chi connectivity index (χ3n) is 2.20. The molecule has 94 valence electrons. The van der Waals surface area contributed by atoms with Gasteiger partial charge in [-0.25, -0.2) is 13.6 Å². The number of furan rings is 1. The number of halogens is 2. The normalized spacial score (nSPS) is 10.3. The summed E-state index contributed by atoms with van der Waals surface area (Å²) in [6.45, 7) is 0.135. The van der Waals surface area contributed by atoms with Crippen LogP contribution < -0.4 is 5.32 Å². The molecule has 0 fully saturated rings. The van der Waals surface area contributed by atoms with E-state index in [0.717, 1.165) is 18.2 Å². The summed E-state index contributed by atoms with van der Waals surface area (Å²) >= 11 is 0. The van der Waals surface area contributed by atoms with Crippen molar-refractivity contribution in [2.45, 2.75) is 6.54 Å². The predicted octanol–water partition coefficient (Wildman–Crippen LogP) is 2.87. The van der Waals surface area contributed by atoms with E-state index in [1.54, 1.807) is 0 Å². The Morgan fingerprint density at radius 3 is 2.44 bits per heavy atom. The smallest absolute Gasteiger partial charge is 0.371 e. The number of carbonyl (C=O) groups is 1. The van der Waals surface area contributed by atoms with Gasteiger partial charge in [-0.15, -0.1) is 0 Å². The van der Waals surface area contributed by atoms with Crippen LogP contribution in [0, 0.1) is 11.6 Å². The van der Waals surface area contributed by atoms with Crippen LogP contribution in [0.15, 0.2) is 34.7 Å². The molecule has 0 atom stereocenters. The number of anilines is 1. The van der Waals surface area contributed by atoms with E-state index < -0.39 is 17.6 Å². The van der Waals surface area contributed by atoms with Crippen molar-refractivity contribution in [3.8, 4) is 0 Å². The molecule has 4 nitrogen and oxygen atoms in total. The summed E-state index contributed by atoms with van der Waals surface area (Å²) in [7, 11) is 0. The van der Waals surface area contributed by atoms with Crippen LogP contribution in [0.1, 0.15) is 16.3 Å². The highest BCUT2D eigenvalue weighted by Gasteiger charge is 2.08. The summed E-state index contributed by atoms with van der Waals surface area (Å²) < 4.78 is 30.7. The second kappa shape index (κ2) is 4.87. The standard InChI is InChI=1S/C12H9F2NO3/c13-7-3-8(14)5-9(4-7)15-6-10-1-2-11(18-10)12(16)17/h1-5,15H,6H2,(H,16,17). The topological polar surface area (TPSA) is 62.5 Å². The SMILES string of the molecule is O=C(O)c1ccc(CNc2cc(F)cc(F)c2)o1. The first-order valence-electron chi connectivity index (χ1n) is 5.06. The quantitative estimate of drug-likeness (QED) is 0.879. The van der Waals surface area contributed by atoms with Crippen molar-refractivity contribution < 1.29 is 23.1 Å². The molecule has 0 bridgehead atoms. The largest absolute Gasteiger partial charge is 0.475 e. The molecular weight excluding hydrogens is 244 g/mol. The van der Waals surface area contributed by atoms with Crippen LogP contribution in [0.5, 0.6) is 0 Å². The Hall–Kier alpha value is -2.37. The van der Waals surface area contributed by atoms with Crippen LogP contribution in [-0.2, 0) is 6.54 Å². The van der Waals surface area contributed by atoms with E-state index in [4.69, 9.17) is 9.52 Å². The summed E-state index contributed by atoms with van der Waals surface area (Å²) in [5, 5.41) is 11.4. The highest BCUT2D eigenvalue weighted by molar-refractivity contribution is 5.84. The second-order valence-corrected chi connectivity index (χ2v) is 3.58. The van der Waals surface area contributed by atoms with Crippen LogP contribution in [0.25, 0.3) is 0 Å². The first kappa shape index (κ1) is 12.1. The number of benzene rings is 1. The molecule has 0 unspecified atom stereocenters. The summed E-state index contributed by atoms with van der Waals surface area (Å²) in [6, 6.07) is 5.81. The van der Waals surface area contributed by atoms with Crippen LogP contribution in [0.3, 0.4) is 0 Å². The fourth-order valence-corrected chi connectivity index (χ4v) is 1.43. The molecule has 1 aromatic carbocycles. The molecule has 1 heterocycles. The van der Waals surface area contributed by atoms with Gasteiger partial charge in [0.05, 0.1) is 6.54 Å². The van der Waals surface area contributed by atoms with Crippen molar-refractivity contribution in [1.29, 1.82) is 0 Å². The van der Waals surface area contributed by atoms with Gasteiger partial charge in [-0.1, -0.05) is 0 Å². The number of hydrogen-bond acceptors (Lipinski definition) is 3. The minimum Gasteiger partial charge on any atom is -0.475 e. The van der Waals surface area contributed by atoms with E-state index in [-0.39, 0.29) is 18.0 Å². The number of carboxylic acid groups (broad SMARTS) is 1. The van der Waals surface area contributed by atoms with Gasteiger partial charge in [0.2, 0.25) is 5.76 Å². The Labute approximate surface area is 101 Å². The Balaban J connectivity index is 2.04. The van der Waals surface area contributed by atoms with E-state index in [1.807, 2.05) is 0 Å². The maximum Gasteiger partial charge on any atom is 0.371 e. The van der Waals surface area contributed by atoms with E-state index >= 15 is 0 Å². The van der Waals surface area contributed by atoms with E-state index in [1.165, 1.54) is 12.1 Å². The van der Waals surface area contributed by atoms with Gasteiger partial charge in [0.25, 0.3) is 0 Å². The number of hydrogen-bond donors (Lipinski definition) is 2. The Kier molecular flexibility index (Phi) is 3.27. The highest BCUT2D eigenvalue weighted by atomic mass is 19.1. The van der Waals surface area contributed by atoms with E-state index in [2.05, 4.69) is 5.32 Å². The van der Waals surface area contributed by atoms with Crippen LogP contribution in [0.2, 0.25) is 0 Å². The third-order valence-corrected chi connectivity index (χ3v) is 2.20. The minimum atomic E-state index is -1.17. The zero-order chi connectivity index (χ0) is 13.1. The molecule has 0 spiro atoms. The summed E-state index contributed by atoms with van der Waals surface area (Å²) in [5.41, 5.74) is 0.251. The number of carboxylic acids is 1. The number of aromatic carboxylic acids is 1. The maximum atomic E-state index is 12.9. The molecule has 0 aliphatic rings. The van der Waals surface area contributed by atoms with Gasteiger partial charge in [-0.2, -0.15) is 0 Å². The molecule has 0 amide bonds. The molecule has 0 radical (unpaired) electrons. The van der Waals surface area contributed by atoms with Gasteiger partial charge in [0.1, 0.15) is 17.4 Å². The third kappa shape index (κ3) is 2.85. The molecule has 2 rings (SSSR count). The van der Waals surface area contributed by atoms with Gasteiger partial charge in [-0.3, -0.25) is 0 Å². The molecule has 2 N–H and O–H groups in total. The molecule has 0 saturated heterocycles. The first-order valence-corrected chi connectivity index (χ1v) is 5.06. The summed E-state index contributed by atoms with van der Waals surface area (Å²) in [5.74, 6) is -2.38. The zero-order valence-corrected chi connectivity index (χ0v) is 9.11. The lowest BCUT2D eigenvalue weighted by Gasteiger charge is -2.04. The average Bonchev–Trinajstić information content (AvgIpc) is 2.73. The van der Waals surface area contributed by atoms with Crippen molar-refractivity contribution in [3.63, 3.8) is 0 Å². The predicted molar refractivity (Wildman–Crippen MR) is 59.4 cm³/mol. The fraction of sp³-hybridized carbons (Fsp3) is 0.0833. The number of rotatable bonds is 4. The van der Waals surface area contributed by atoms with Crippen molar-refractivity contribution >= 4 is 11.7 Å². The summed E-state index contributed by atoms with van der Waals surface area (Å²) in [4.78, 5) is 10.6.